The van der Waals surface area contributed by atoms with Gasteiger partial charge in [-0.15, -0.1) is 0 Å². The van der Waals surface area contributed by atoms with Gasteiger partial charge in [-0.05, 0) is 19.3 Å². The Kier molecular flexibility index (Phi) is 19.8. The van der Waals surface area contributed by atoms with Crippen LogP contribution < -0.4 is 12.4 Å². The summed E-state index contributed by atoms with van der Waals surface area (Å²) in [7, 11) is 7.02. The van der Waals surface area contributed by atoms with Crippen LogP contribution in [-0.4, -0.2) is 44.9 Å². The van der Waals surface area contributed by atoms with Crippen LogP contribution in [0.2, 0.25) is 0 Å². The van der Waals surface area contributed by atoms with Gasteiger partial charge in [-0.1, -0.05) is 78.1 Å². The van der Waals surface area contributed by atoms with Gasteiger partial charge in [0.25, 0.3) is 0 Å². The zero-order chi connectivity index (χ0) is 17.4. The molecule has 1 aliphatic rings. The minimum Gasteiger partial charge on any atom is -1.00 e. The van der Waals surface area contributed by atoms with Gasteiger partial charge < -0.3 is 21.6 Å². The fourth-order valence-corrected chi connectivity index (χ4v) is 3.18. The molecular weight excluding hydrogens is 318 g/mol. The number of nitrogens with zero attached hydrogens (tertiary/aromatic N) is 1. The van der Waals surface area contributed by atoms with Crippen LogP contribution in [0.4, 0.5) is 0 Å². The maximum absolute atomic E-state index is 4.50. The number of ether oxygens (including phenoxy) is 1. The molecule has 0 saturated carbocycles. The van der Waals surface area contributed by atoms with E-state index in [4.69, 9.17) is 0 Å². The molecule has 1 unspecified atom stereocenters. The van der Waals surface area contributed by atoms with Crippen LogP contribution in [0.5, 0.6) is 0 Å². The Hall–Kier alpha value is 0.210. The average Bonchev–Trinajstić information content (AvgIpc) is 3.36. The molecule has 0 aliphatic carbocycles. The van der Waals surface area contributed by atoms with Crippen LogP contribution in [-0.2, 0) is 4.74 Å². The Morgan fingerprint density at radius 2 is 1.08 bits per heavy atom. The molecule has 3 heteroatoms. The number of hydrogen-bond acceptors (Lipinski definition) is 1. The van der Waals surface area contributed by atoms with Gasteiger partial charge in [0.1, 0.15) is 0 Å². The SMILES string of the molecule is C1CO1.CCCCCCCCCCCCCC(CC)[N+](C)(C)C.[Cl-]. The van der Waals surface area contributed by atoms with Crippen molar-refractivity contribution in [3.8, 4) is 0 Å². The summed E-state index contributed by atoms with van der Waals surface area (Å²) in [4.78, 5) is 0. The van der Waals surface area contributed by atoms with Gasteiger partial charge in [0.05, 0.1) is 40.4 Å². The molecule has 1 heterocycles. The third kappa shape index (κ3) is 20.3. The molecule has 0 radical (unpaired) electrons. The molecule has 1 fully saturated rings. The van der Waals surface area contributed by atoms with E-state index in [1.54, 1.807) is 0 Å². The van der Waals surface area contributed by atoms with E-state index in [2.05, 4.69) is 39.7 Å². The number of halogens is 1. The Morgan fingerprint density at radius 1 is 0.708 bits per heavy atom. The molecule has 0 bridgehead atoms. The molecular formula is C21H46ClNO. The molecule has 2 nitrogen and oxygen atoms in total. The first-order chi connectivity index (χ1) is 11.0. The van der Waals surface area contributed by atoms with E-state index in [-0.39, 0.29) is 12.4 Å². The van der Waals surface area contributed by atoms with Crippen LogP contribution in [0, 0.1) is 0 Å². The highest BCUT2D eigenvalue weighted by Gasteiger charge is 2.20. The largest absolute Gasteiger partial charge is 1.00 e. The summed E-state index contributed by atoms with van der Waals surface area (Å²) < 4.78 is 5.63. The standard InChI is InChI=1S/C19H42N.C2H4O.ClH/c1-6-8-9-10-11-12-13-14-15-16-17-18-19(7-2)20(3,4)5;1-2-3-1;/h19H,6-18H2,1-5H3;1-2H2;1H/q+1;;/p-1. The molecule has 1 rings (SSSR count). The summed E-state index contributed by atoms with van der Waals surface area (Å²) >= 11 is 0. The van der Waals surface area contributed by atoms with E-state index in [1.165, 1.54) is 83.5 Å². The molecule has 1 saturated heterocycles. The van der Waals surface area contributed by atoms with Crippen LogP contribution in [0.15, 0.2) is 0 Å². The van der Waals surface area contributed by atoms with Crippen molar-refractivity contribution < 1.29 is 21.6 Å². The number of hydrogen-bond donors (Lipinski definition) is 0. The zero-order valence-corrected chi connectivity index (χ0v) is 18.2. The van der Waals surface area contributed by atoms with Gasteiger partial charge in [0.2, 0.25) is 0 Å². The molecule has 0 spiro atoms. The minimum atomic E-state index is 0. The Balaban J connectivity index is 0. The minimum absolute atomic E-state index is 0. The molecule has 0 aromatic heterocycles. The first kappa shape index (κ1) is 26.4. The Labute approximate surface area is 159 Å². The zero-order valence-electron chi connectivity index (χ0n) is 17.4. The fourth-order valence-electron chi connectivity index (χ4n) is 3.18. The maximum Gasteiger partial charge on any atom is 0.0881 e. The number of epoxide rings is 1. The number of quaternary nitrogens is 1. The summed E-state index contributed by atoms with van der Waals surface area (Å²) in [5.74, 6) is 0. The molecule has 0 amide bonds. The summed E-state index contributed by atoms with van der Waals surface area (Å²) in [6.45, 7) is 6.63. The van der Waals surface area contributed by atoms with E-state index in [9.17, 15) is 0 Å². The smallest absolute Gasteiger partial charge is 0.0881 e. The summed E-state index contributed by atoms with van der Waals surface area (Å²) in [5, 5.41) is 0. The van der Waals surface area contributed by atoms with Crippen LogP contribution in [0.3, 0.4) is 0 Å². The highest BCUT2D eigenvalue weighted by Crippen LogP contribution is 2.17. The number of unbranched alkanes of at least 4 members (excludes halogenated alkanes) is 10. The molecule has 24 heavy (non-hydrogen) atoms. The van der Waals surface area contributed by atoms with E-state index in [1.807, 2.05) is 0 Å². The highest BCUT2D eigenvalue weighted by molar-refractivity contribution is 4.56. The van der Waals surface area contributed by atoms with Crippen LogP contribution in [0.25, 0.3) is 0 Å². The van der Waals surface area contributed by atoms with Crippen molar-refractivity contribution in [2.45, 2.75) is 103 Å². The summed E-state index contributed by atoms with van der Waals surface area (Å²) in [5.41, 5.74) is 0. The lowest BCUT2D eigenvalue weighted by molar-refractivity contribution is -0.896. The van der Waals surface area contributed by atoms with Crippen molar-refractivity contribution in [2.75, 3.05) is 34.4 Å². The van der Waals surface area contributed by atoms with E-state index >= 15 is 0 Å². The lowest BCUT2D eigenvalue weighted by Crippen LogP contribution is -3.00. The second-order valence-electron chi connectivity index (χ2n) is 8.11. The Bertz CT molecular complexity index is 236. The second-order valence-corrected chi connectivity index (χ2v) is 8.11. The molecule has 1 aliphatic heterocycles. The first-order valence-electron chi connectivity index (χ1n) is 10.4. The molecule has 148 valence electrons. The first-order valence-corrected chi connectivity index (χ1v) is 10.4. The third-order valence-electron chi connectivity index (χ3n) is 4.91. The predicted octanol–water partition coefficient (Wildman–Crippen LogP) is 3.19. The Morgan fingerprint density at radius 3 is 1.38 bits per heavy atom. The molecule has 1 atom stereocenters. The number of rotatable bonds is 14. The topological polar surface area (TPSA) is 12.5 Å². The van der Waals surface area contributed by atoms with E-state index < -0.39 is 0 Å². The molecule has 0 N–H and O–H groups in total. The van der Waals surface area contributed by atoms with Crippen molar-refractivity contribution >= 4 is 0 Å². The molecule has 0 aromatic rings. The average molecular weight is 364 g/mol. The third-order valence-corrected chi connectivity index (χ3v) is 4.91. The maximum atomic E-state index is 4.50. The van der Waals surface area contributed by atoms with Crippen LogP contribution in [0.1, 0.15) is 97.3 Å². The predicted molar refractivity (Wildman–Crippen MR) is 104 cm³/mol. The summed E-state index contributed by atoms with van der Waals surface area (Å²) in [6, 6.07) is 0.855. The highest BCUT2D eigenvalue weighted by atomic mass is 35.5. The normalized spacial score (nSPS) is 14.4. The van der Waals surface area contributed by atoms with Crippen LogP contribution >= 0.6 is 0 Å². The van der Waals surface area contributed by atoms with Crippen molar-refractivity contribution in [1.29, 1.82) is 0 Å². The van der Waals surface area contributed by atoms with Gasteiger partial charge in [-0.2, -0.15) is 0 Å². The van der Waals surface area contributed by atoms with Gasteiger partial charge in [0.15, 0.2) is 0 Å². The van der Waals surface area contributed by atoms with E-state index in [0.717, 1.165) is 23.7 Å². The van der Waals surface area contributed by atoms with Crippen molar-refractivity contribution in [3.63, 3.8) is 0 Å². The monoisotopic (exact) mass is 363 g/mol. The molecule has 0 aromatic carbocycles. The van der Waals surface area contributed by atoms with Crippen molar-refractivity contribution in [2.24, 2.45) is 0 Å². The van der Waals surface area contributed by atoms with Gasteiger partial charge in [-0.3, -0.25) is 0 Å². The fraction of sp³-hybridized carbons (Fsp3) is 1.00. The quantitative estimate of drug-likeness (QED) is 0.262. The lowest BCUT2D eigenvalue weighted by atomic mass is 10.0. The van der Waals surface area contributed by atoms with Gasteiger partial charge in [0, 0.05) is 0 Å². The summed E-state index contributed by atoms with van der Waals surface area (Å²) in [6.07, 6.45) is 18.7. The lowest BCUT2D eigenvalue weighted by Gasteiger charge is -2.33. The van der Waals surface area contributed by atoms with Crippen molar-refractivity contribution in [1.82, 2.24) is 0 Å². The van der Waals surface area contributed by atoms with E-state index in [0.29, 0.717) is 0 Å². The van der Waals surface area contributed by atoms with Gasteiger partial charge >= 0.3 is 0 Å². The second kappa shape index (κ2) is 18.0. The van der Waals surface area contributed by atoms with Gasteiger partial charge in [-0.25, -0.2) is 0 Å². The van der Waals surface area contributed by atoms with Crippen molar-refractivity contribution in [3.05, 3.63) is 0 Å².